The lowest BCUT2D eigenvalue weighted by molar-refractivity contribution is 0.143. The molecule has 0 saturated heterocycles. The second-order valence-corrected chi connectivity index (χ2v) is 7.34. The Morgan fingerprint density at radius 1 is 1.07 bits per heavy atom. The Morgan fingerprint density at radius 2 is 1.73 bits per heavy atom. The molecule has 0 aliphatic heterocycles. The monoisotopic (exact) mass is 437 g/mol. The average molecular weight is 438 g/mol. The molecule has 1 heterocycles. The highest BCUT2D eigenvalue weighted by molar-refractivity contribution is 6.32. The van der Waals surface area contributed by atoms with Gasteiger partial charge < -0.3 is 10.1 Å². The van der Waals surface area contributed by atoms with Gasteiger partial charge in [-0.25, -0.2) is 14.8 Å². The van der Waals surface area contributed by atoms with Crippen molar-refractivity contribution in [2.24, 2.45) is 0 Å². The summed E-state index contributed by atoms with van der Waals surface area (Å²) in [6, 6.07) is 16.4. The van der Waals surface area contributed by atoms with Crippen molar-refractivity contribution < 1.29 is 9.53 Å². The molecule has 4 rings (SSSR count). The summed E-state index contributed by atoms with van der Waals surface area (Å²) in [7, 11) is 0. The Morgan fingerprint density at radius 3 is 2.40 bits per heavy atom. The molecule has 0 saturated carbocycles. The molecule has 3 aromatic rings. The first-order chi connectivity index (χ1) is 14.6. The molecule has 1 aliphatic carbocycles. The van der Waals surface area contributed by atoms with Gasteiger partial charge >= 0.3 is 6.09 Å². The van der Waals surface area contributed by atoms with Crippen LogP contribution in [0.2, 0.25) is 10.4 Å². The van der Waals surface area contributed by atoms with Crippen LogP contribution in [0.1, 0.15) is 29.0 Å². The van der Waals surface area contributed by atoms with Crippen LogP contribution in [0.25, 0.3) is 11.1 Å². The number of nitrogens with one attached hydrogen (secondary N) is 1. The van der Waals surface area contributed by atoms with Crippen LogP contribution in [0, 0.1) is 11.8 Å². The van der Waals surface area contributed by atoms with Gasteiger partial charge in [-0.3, -0.25) is 0 Å². The Labute approximate surface area is 184 Å². The van der Waals surface area contributed by atoms with E-state index in [2.05, 4.69) is 51.4 Å². The normalized spacial score (nSPS) is 11.8. The minimum absolute atomic E-state index is 0.0370. The Hall–Kier alpha value is -3.07. The molecule has 150 valence electrons. The first-order valence-corrected chi connectivity index (χ1v) is 10.1. The van der Waals surface area contributed by atoms with E-state index in [0.29, 0.717) is 18.5 Å². The van der Waals surface area contributed by atoms with Crippen LogP contribution in [0.4, 0.5) is 4.79 Å². The molecule has 1 aliphatic rings. The van der Waals surface area contributed by atoms with Crippen molar-refractivity contribution in [3.63, 3.8) is 0 Å². The molecule has 30 heavy (non-hydrogen) atoms. The highest BCUT2D eigenvalue weighted by atomic mass is 35.5. The maximum absolute atomic E-state index is 12.1. The van der Waals surface area contributed by atoms with Crippen molar-refractivity contribution in [3.8, 4) is 23.0 Å². The summed E-state index contributed by atoms with van der Waals surface area (Å²) in [5, 5.41) is 2.99. The Kier molecular flexibility index (Phi) is 6.18. The van der Waals surface area contributed by atoms with Crippen LogP contribution in [0.5, 0.6) is 0 Å². The molecule has 2 aromatic carbocycles. The minimum Gasteiger partial charge on any atom is -0.449 e. The summed E-state index contributed by atoms with van der Waals surface area (Å²) >= 11 is 11.6. The number of amides is 1. The molecule has 0 bridgehead atoms. The number of rotatable bonds is 4. The predicted molar refractivity (Wildman–Crippen MR) is 117 cm³/mol. The molecule has 7 heteroatoms. The smallest absolute Gasteiger partial charge is 0.407 e. The molecular formula is C23H17Cl2N3O2. The highest BCUT2D eigenvalue weighted by Crippen LogP contribution is 2.44. The largest absolute Gasteiger partial charge is 0.449 e. The number of carbonyl (C=O) groups excluding carboxylic acids is 1. The van der Waals surface area contributed by atoms with Crippen molar-refractivity contribution in [3.05, 3.63) is 81.9 Å². The van der Waals surface area contributed by atoms with Gasteiger partial charge in [0.15, 0.2) is 0 Å². The number of nitrogens with zero attached hydrogens (tertiary/aromatic N) is 2. The molecule has 1 aromatic heterocycles. The number of hydrogen-bond acceptors (Lipinski definition) is 4. The van der Waals surface area contributed by atoms with Crippen molar-refractivity contribution in [1.82, 2.24) is 15.3 Å². The van der Waals surface area contributed by atoms with Crippen LogP contribution in [-0.4, -0.2) is 29.2 Å². The second-order valence-electron chi connectivity index (χ2n) is 6.65. The van der Waals surface area contributed by atoms with Crippen molar-refractivity contribution >= 4 is 29.3 Å². The lowest BCUT2D eigenvalue weighted by Crippen LogP contribution is -2.26. The number of aromatic nitrogens is 2. The fourth-order valence-electron chi connectivity index (χ4n) is 3.46. The van der Waals surface area contributed by atoms with Gasteiger partial charge in [0.1, 0.15) is 11.8 Å². The summed E-state index contributed by atoms with van der Waals surface area (Å²) in [4.78, 5) is 19.8. The molecule has 0 fully saturated rings. The van der Waals surface area contributed by atoms with E-state index in [0.717, 1.165) is 0 Å². The molecule has 0 unspecified atom stereocenters. The van der Waals surface area contributed by atoms with Crippen LogP contribution < -0.4 is 5.32 Å². The van der Waals surface area contributed by atoms with E-state index in [1.807, 2.05) is 24.3 Å². The molecule has 5 nitrogen and oxygen atoms in total. The van der Waals surface area contributed by atoms with E-state index in [1.165, 1.54) is 28.5 Å². The zero-order valence-corrected chi connectivity index (χ0v) is 17.4. The average Bonchev–Trinajstić information content (AvgIpc) is 3.07. The topological polar surface area (TPSA) is 64.1 Å². The molecule has 1 N–H and O–H groups in total. The lowest BCUT2D eigenvalue weighted by Gasteiger charge is -2.14. The number of hydrogen-bond donors (Lipinski definition) is 1. The Bertz CT molecular complexity index is 1110. The molecule has 0 spiro atoms. The van der Waals surface area contributed by atoms with Crippen molar-refractivity contribution in [1.29, 1.82) is 0 Å². The molecule has 1 amide bonds. The minimum atomic E-state index is -0.466. The molecule has 0 radical (unpaired) electrons. The first-order valence-electron chi connectivity index (χ1n) is 9.39. The Balaban J connectivity index is 1.29. The van der Waals surface area contributed by atoms with Crippen LogP contribution >= 0.6 is 23.2 Å². The number of halogens is 2. The maximum atomic E-state index is 12.1. The standard InChI is InChI=1S/C23H17Cl2N3O2/c24-21-15(13-27-22(25)28-21)7-5-6-12-26-23(29)30-14-20-18-10-3-1-8-16(18)17-9-2-4-11-19(17)20/h1-4,8-11,13,20H,6,12,14H2,(H,26,29). The van der Waals surface area contributed by atoms with E-state index in [1.54, 1.807) is 0 Å². The van der Waals surface area contributed by atoms with Gasteiger partial charge in [-0.1, -0.05) is 72.0 Å². The van der Waals surface area contributed by atoms with Gasteiger partial charge in [0.2, 0.25) is 5.28 Å². The van der Waals surface area contributed by atoms with Crippen LogP contribution in [0.15, 0.2) is 54.7 Å². The van der Waals surface area contributed by atoms with Crippen molar-refractivity contribution in [2.75, 3.05) is 13.2 Å². The highest BCUT2D eigenvalue weighted by Gasteiger charge is 2.28. The van der Waals surface area contributed by atoms with Crippen LogP contribution in [-0.2, 0) is 4.74 Å². The third-order valence-electron chi connectivity index (χ3n) is 4.80. The van der Waals surface area contributed by atoms with Gasteiger partial charge in [0, 0.05) is 25.1 Å². The van der Waals surface area contributed by atoms with E-state index < -0.39 is 6.09 Å². The van der Waals surface area contributed by atoms with Crippen LogP contribution in [0.3, 0.4) is 0 Å². The summed E-state index contributed by atoms with van der Waals surface area (Å²) in [5.41, 5.74) is 5.24. The third-order valence-corrected chi connectivity index (χ3v) is 5.27. The molecule has 0 atom stereocenters. The fourth-order valence-corrected chi connectivity index (χ4v) is 3.81. The summed E-state index contributed by atoms with van der Waals surface area (Å²) in [5.74, 6) is 5.80. The zero-order valence-electron chi connectivity index (χ0n) is 15.9. The lowest BCUT2D eigenvalue weighted by atomic mass is 9.98. The fraction of sp³-hybridized carbons (Fsp3) is 0.174. The maximum Gasteiger partial charge on any atom is 0.407 e. The van der Waals surface area contributed by atoms with E-state index in [9.17, 15) is 4.79 Å². The SMILES string of the molecule is O=C(NCCC#Cc1cnc(Cl)nc1Cl)OCC1c2ccccc2-c2ccccc21. The number of benzene rings is 2. The number of fused-ring (bicyclic) bond motifs is 3. The number of ether oxygens (including phenoxy) is 1. The second kappa shape index (κ2) is 9.17. The van der Waals surface area contributed by atoms with Gasteiger partial charge in [0.05, 0.1) is 5.56 Å². The van der Waals surface area contributed by atoms with Gasteiger partial charge in [-0.2, -0.15) is 0 Å². The third kappa shape index (κ3) is 4.40. The van der Waals surface area contributed by atoms with Gasteiger partial charge in [0.25, 0.3) is 0 Å². The van der Waals surface area contributed by atoms with E-state index in [-0.39, 0.29) is 23.0 Å². The predicted octanol–water partition coefficient (Wildman–Crippen LogP) is 5.06. The summed E-state index contributed by atoms with van der Waals surface area (Å²) in [6.45, 7) is 0.638. The number of alkyl carbamates (subject to hydrolysis) is 1. The first kappa shape index (κ1) is 20.2. The number of carbonyl (C=O) groups is 1. The molecular weight excluding hydrogens is 421 g/mol. The quantitative estimate of drug-likeness (QED) is 0.268. The summed E-state index contributed by atoms with van der Waals surface area (Å²) in [6.07, 6.45) is 1.43. The van der Waals surface area contributed by atoms with Gasteiger partial charge in [-0.05, 0) is 33.9 Å². The van der Waals surface area contributed by atoms with Crippen molar-refractivity contribution in [2.45, 2.75) is 12.3 Å². The van der Waals surface area contributed by atoms with E-state index in [4.69, 9.17) is 27.9 Å². The van der Waals surface area contributed by atoms with Gasteiger partial charge in [-0.15, -0.1) is 0 Å². The van der Waals surface area contributed by atoms with E-state index >= 15 is 0 Å². The zero-order chi connectivity index (χ0) is 20.9. The summed E-state index contributed by atoms with van der Waals surface area (Å²) < 4.78 is 5.48.